The van der Waals surface area contributed by atoms with E-state index in [9.17, 15) is 9.59 Å². The molecule has 0 aromatic carbocycles. The maximum Gasteiger partial charge on any atom is 0.239 e. The number of amides is 2. The third-order valence-electron chi connectivity index (χ3n) is 2.27. The summed E-state index contributed by atoms with van der Waals surface area (Å²) < 4.78 is 1.80. The van der Waals surface area contributed by atoms with Crippen molar-refractivity contribution in [3.63, 3.8) is 0 Å². The van der Waals surface area contributed by atoms with E-state index in [2.05, 4.69) is 15.7 Å². The van der Waals surface area contributed by atoms with Gasteiger partial charge in [-0.15, -0.1) is 0 Å². The molecule has 1 rings (SSSR count). The number of nitrogens with zero attached hydrogens (tertiary/aromatic N) is 2. The van der Waals surface area contributed by atoms with Crippen molar-refractivity contribution < 1.29 is 9.59 Å². The van der Waals surface area contributed by atoms with Gasteiger partial charge in [0, 0.05) is 19.7 Å². The van der Waals surface area contributed by atoms with Crippen LogP contribution < -0.4 is 10.6 Å². The van der Waals surface area contributed by atoms with Crippen molar-refractivity contribution in [2.75, 3.05) is 13.1 Å². The highest BCUT2D eigenvalue weighted by molar-refractivity contribution is 5.83. The first kappa shape index (κ1) is 13.2. The van der Waals surface area contributed by atoms with Gasteiger partial charge in [-0.3, -0.25) is 14.3 Å². The van der Waals surface area contributed by atoms with Gasteiger partial charge in [0.25, 0.3) is 0 Å². The summed E-state index contributed by atoms with van der Waals surface area (Å²) in [6, 6.07) is 0.0879. The number of carbonyl (C=O) groups is 2. The maximum absolute atomic E-state index is 11.3. The molecule has 0 aliphatic rings. The summed E-state index contributed by atoms with van der Waals surface area (Å²) in [5.74, 6) is -0.410. The summed E-state index contributed by atoms with van der Waals surface area (Å²) in [5, 5.41) is 9.33. The van der Waals surface area contributed by atoms with Crippen molar-refractivity contribution in [3.8, 4) is 0 Å². The minimum atomic E-state index is -0.212. The third-order valence-corrected chi connectivity index (χ3v) is 2.27. The molecule has 2 N–H and O–H groups in total. The van der Waals surface area contributed by atoms with Crippen LogP contribution in [-0.2, 0) is 9.59 Å². The summed E-state index contributed by atoms with van der Waals surface area (Å²) >= 11 is 0. The summed E-state index contributed by atoms with van der Waals surface area (Å²) in [4.78, 5) is 21.9. The molecule has 0 aliphatic carbocycles. The van der Waals surface area contributed by atoms with E-state index in [0.29, 0.717) is 6.54 Å². The molecule has 1 aromatic heterocycles. The van der Waals surface area contributed by atoms with Crippen molar-refractivity contribution in [1.82, 2.24) is 20.4 Å². The van der Waals surface area contributed by atoms with Crippen LogP contribution in [0.4, 0.5) is 0 Å². The summed E-state index contributed by atoms with van der Waals surface area (Å²) in [6.07, 6.45) is 3.69. The second kappa shape index (κ2) is 6.03. The fraction of sp³-hybridized carbons (Fsp3) is 0.545. The Hall–Kier alpha value is -1.85. The van der Waals surface area contributed by atoms with Gasteiger partial charge < -0.3 is 10.6 Å². The molecule has 0 fully saturated rings. The van der Waals surface area contributed by atoms with Gasteiger partial charge in [-0.25, -0.2) is 0 Å². The predicted molar refractivity (Wildman–Crippen MR) is 63.4 cm³/mol. The van der Waals surface area contributed by atoms with E-state index in [-0.39, 0.29) is 24.4 Å². The Morgan fingerprint density at radius 3 is 2.71 bits per heavy atom. The van der Waals surface area contributed by atoms with E-state index >= 15 is 0 Å². The average molecular weight is 238 g/mol. The molecule has 1 unspecified atom stereocenters. The molecular formula is C11H18N4O2. The zero-order chi connectivity index (χ0) is 12.8. The summed E-state index contributed by atoms with van der Waals surface area (Å²) in [7, 11) is 0. The van der Waals surface area contributed by atoms with Gasteiger partial charge in [0.05, 0.1) is 18.8 Å². The molecule has 17 heavy (non-hydrogen) atoms. The van der Waals surface area contributed by atoms with Gasteiger partial charge in [-0.1, -0.05) is 0 Å². The Morgan fingerprint density at radius 2 is 2.18 bits per heavy atom. The van der Waals surface area contributed by atoms with E-state index in [0.717, 1.165) is 5.56 Å². The summed E-state index contributed by atoms with van der Waals surface area (Å²) in [6.45, 7) is 5.80. The van der Waals surface area contributed by atoms with Crippen LogP contribution in [0.5, 0.6) is 0 Å². The highest BCUT2D eigenvalue weighted by Gasteiger charge is 2.08. The number of carbonyl (C=O) groups excluding carboxylic acids is 2. The van der Waals surface area contributed by atoms with Crippen molar-refractivity contribution in [3.05, 3.63) is 18.0 Å². The Bertz CT molecular complexity index is 400. The molecule has 1 atom stereocenters. The first-order valence-electron chi connectivity index (χ1n) is 5.51. The zero-order valence-corrected chi connectivity index (χ0v) is 10.4. The molecule has 6 nitrogen and oxygen atoms in total. The normalized spacial score (nSPS) is 11.9. The Labute approximate surface area is 100 Å². The van der Waals surface area contributed by atoms with Crippen LogP contribution >= 0.6 is 0 Å². The molecule has 6 heteroatoms. The fourth-order valence-electron chi connectivity index (χ4n) is 1.30. The topological polar surface area (TPSA) is 76.0 Å². The molecule has 0 aliphatic heterocycles. The Morgan fingerprint density at radius 1 is 1.47 bits per heavy atom. The first-order valence-corrected chi connectivity index (χ1v) is 5.51. The molecule has 94 valence electrons. The lowest BCUT2D eigenvalue weighted by molar-refractivity contribution is -0.125. The predicted octanol–water partition coefficient (Wildman–Crippen LogP) is 0.00482. The van der Waals surface area contributed by atoms with Crippen LogP contribution in [0.1, 0.15) is 25.5 Å². The average Bonchev–Trinajstić information content (AvgIpc) is 2.70. The Kier molecular flexibility index (Phi) is 4.68. The molecular weight excluding hydrogens is 220 g/mol. The van der Waals surface area contributed by atoms with Gasteiger partial charge >= 0.3 is 0 Å². The number of aromatic nitrogens is 2. The number of hydrogen-bond acceptors (Lipinski definition) is 3. The molecule has 0 bridgehead atoms. The van der Waals surface area contributed by atoms with Gasteiger partial charge in [0.2, 0.25) is 11.8 Å². The van der Waals surface area contributed by atoms with Gasteiger partial charge in [-0.05, 0) is 19.4 Å². The van der Waals surface area contributed by atoms with Crippen molar-refractivity contribution >= 4 is 11.8 Å². The lowest BCUT2D eigenvalue weighted by Gasteiger charge is -2.13. The van der Waals surface area contributed by atoms with Crippen LogP contribution in [0.3, 0.4) is 0 Å². The minimum Gasteiger partial charge on any atom is -0.352 e. The monoisotopic (exact) mass is 238 g/mol. The fourth-order valence-corrected chi connectivity index (χ4v) is 1.30. The van der Waals surface area contributed by atoms with Crippen LogP contribution in [0.25, 0.3) is 0 Å². The smallest absolute Gasteiger partial charge is 0.239 e. The standard InChI is InChI=1S/C11H18N4O2/c1-8-4-14-15(7-8)9(2)5-13-11(17)6-12-10(3)16/h4,7,9H,5-6H2,1-3H3,(H,12,16)(H,13,17). The zero-order valence-electron chi connectivity index (χ0n) is 10.4. The van der Waals surface area contributed by atoms with Crippen LogP contribution in [0, 0.1) is 6.92 Å². The van der Waals surface area contributed by atoms with Gasteiger partial charge in [0.15, 0.2) is 0 Å². The van der Waals surface area contributed by atoms with Crippen LogP contribution in [0.15, 0.2) is 12.4 Å². The SMILES string of the molecule is CC(=O)NCC(=O)NCC(C)n1cc(C)cn1. The quantitative estimate of drug-likeness (QED) is 0.758. The second-order valence-electron chi connectivity index (χ2n) is 4.06. The molecule has 1 heterocycles. The summed E-state index contributed by atoms with van der Waals surface area (Å²) in [5.41, 5.74) is 1.08. The largest absolute Gasteiger partial charge is 0.352 e. The lowest BCUT2D eigenvalue weighted by Crippen LogP contribution is -2.38. The minimum absolute atomic E-state index is 0.0141. The van der Waals surface area contributed by atoms with Gasteiger partial charge in [0.1, 0.15) is 0 Å². The highest BCUT2D eigenvalue weighted by atomic mass is 16.2. The number of aryl methyl sites for hydroxylation is 1. The lowest BCUT2D eigenvalue weighted by atomic mass is 10.3. The first-order chi connectivity index (χ1) is 7.99. The molecule has 0 spiro atoms. The van der Waals surface area contributed by atoms with Crippen LogP contribution in [-0.4, -0.2) is 34.7 Å². The second-order valence-corrected chi connectivity index (χ2v) is 4.06. The van der Waals surface area contributed by atoms with Crippen molar-refractivity contribution in [2.24, 2.45) is 0 Å². The number of nitrogens with one attached hydrogen (secondary N) is 2. The molecule has 0 saturated carbocycles. The van der Waals surface area contributed by atoms with Crippen molar-refractivity contribution in [1.29, 1.82) is 0 Å². The number of hydrogen-bond donors (Lipinski definition) is 2. The Balaban J connectivity index is 2.30. The van der Waals surface area contributed by atoms with Gasteiger partial charge in [-0.2, -0.15) is 5.10 Å². The molecule has 2 amide bonds. The molecule has 0 saturated heterocycles. The van der Waals surface area contributed by atoms with E-state index < -0.39 is 0 Å². The van der Waals surface area contributed by atoms with E-state index in [4.69, 9.17) is 0 Å². The molecule has 0 radical (unpaired) electrons. The number of rotatable bonds is 5. The van der Waals surface area contributed by atoms with E-state index in [1.165, 1.54) is 6.92 Å². The van der Waals surface area contributed by atoms with Crippen LogP contribution in [0.2, 0.25) is 0 Å². The van der Waals surface area contributed by atoms with E-state index in [1.807, 2.05) is 20.0 Å². The molecule has 1 aromatic rings. The van der Waals surface area contributed by atoms with E-state index in [1.54, 1.807) is 10.9 Å². The highest BCUT2D eigenvalue weighted by Crippen LogP contribution is 2.03. The third kappa shape index (κ3) is 4.67. The maximum atomic E-state index is 11.3. The van der Waals surface area contributed by atoms with Crippen molar-refractivity contribution in [2.45, 2.75) is 26.8 Å².